The van der Waals surface area contributed by atoms with Crippen molar-refractivity contribution in [1.29, 1.82) is 0 Å². The number of para-hydroxylation sites is 2. The minimum absolute atomic E-state index is 0.00483. The number of pyridine rings is 1. The molecule has 2 aromatic carbocycles. The van der Waals surface area contributed by atoms with E-state index in [1.165, 1.54) is 34.0 Å². The lowest BCUT2D eigenvalue weighted by Gasteiger charge is -2.31. The van der Waals surface area contributed by atoms with Crippen molar-refractivity contribution in [3.05, 3.63) is 84.4 Å². The number of nitrogens with zero attached hydrogens (tertiary/aromatic N) is 5. The molecule has 1 atom stereocenters. The predicted molar refractivity (Wildman–Crippen MR) is 131 cm³/mol. The zero-order valence-corrected chi connectivity index (χ0v) is 19.6. The Kier molecular flexibility index (Phi) is 7.45. The van der Waals surface area contributed by atoms with Gasteiger partial charge in [-0.25, -0.2) is 9.07 Å². The number of halogens is 1. The second-order valence-corrected chi connectivity index (χ2v) is 8.61. The number of aromatic nitrogens is 4. The van der Waals surface area contributed by atoms with Gasteiger partial charge in [-0.2, -0.15) is 0 Å². The lowest BCUT2D eigenvalue weighted by Crippen LogP contribution is -2.46. The van der Waals surface area contributed by atoms with E-state index in [1.807, 2.05) is 12.1 Å². The minimum atomic E-state index is -1.13. The summed E-state index contributed by atoms with van der Waals surface area (Å²) in [4.78, 5) is 32.6. The normalized spacial score (nSPS) is 12.0. The molecule has 4 rings (SSSR count). The van der Waals surface area contributed by atoms with Gasteiger partial charge in [0.05, 0.1) is 11.2 Å². The van der Waals surface area contributed by atoms with Gasteiger partial charge < -0.3 is 5.32 Å². The summed E-state index contributed by atoms with van der Waals surface area (Å²) in [5.74, 6) is -1.16. The van der Waals surface area contributed by atoms with Crippen molar-refractivity contribution in [3.8, 4) is 0 Å². The second kappa shape index (κ2) is 10.9. The molecule has 0 unspecified atom stereocenters. The van der Waals surface area contributed by atoms with Gasteiger partial charge in [-0.3, -0.25) is 19.5 Å². The molecule has 35 heavy (non-hydrogen) atoms. The van der Waals surface area contributed by atoms with Gasteiger partial charge in [0.15, 0.2) is 0 Å². The van der Waals surface area contributed by atoms with E-state index in [0.717, 1.165) is 6.42 Å². The van der Waals surface area contributed by atoms with Crippen LogP contribution < -0.4 is 10.2 Å². The van der Waals surface area contributed by atoms with Crippen molar-refractivity contribution in [2.75, 3.05) is 11.4 Å². The molecule has 2 aromatic heterocycles. The zero-order valence-electron chi connectivity index (χ0n) is 19.6. The molecule has 1 N–H and O–H groups in total. The number of hydrogen-bond acceptors (Lipinski definition) is 5. The molecule has 2 amide bonds. The number of anilines is 1. The molecule has 0 saturated carbocycles. The molecule has 0 bridgehead atoms. The highest BCUT2D eigenvalue weighted by molar-refractivity contribution is 6.01. The molecular formula is C26H27FN6O2. The summed E-state index contributed by atoms with van der Waals surface area (Å²) < 4.78 is 16.5. The van der Waals surface area contributed by atoms with E-state index in [1.54, 1.807) is 36.5 Å². The van der Waals surface area contributed by atoms with Crippen LogP contribution in [-0.4, -0.2) is 38.3 Å². The molecule has 0 spiro atoms. The average Bonchev–Trinajstić information content (AvgIpc) is 3.26. The summed E-state index contributed by atoms with van der Waals surface area (Å²) in [6.45, 7) is 4.32. The van der Waals surface area contributed by atoms with E-state index < -0.39 is 23.7 Å². The molecule has 8 nitrogen and oxygen atoms in total. The van der Waals surface area contributed by atoms with Gasteiger partial charge in [0.1, 0.15) is 23.9 Å². The lowest BCUT2D eigenvalue weighted by atomic mass is 10.0. The Hall–Kier alpha value is -4.14. The first-order valence-electron chi connectivity index (χ1n) is 11.5. The van der Waals surface area contributed by atoms with Crippen LogP contribution in [0.3, 0.4) is 0 Å². The Balaban J connectivity index is 1.76. The molecule has 0 saturated heterocycles. The summed E-state index contributed by atoms with van der Waals surface area (Å²) in [5.41, 5.74) is 1.76. The Morgan fingerprint density at radius 3 is 2.57 bits per heavy atom. The summed E-state index contributed by atoms with van der Waals surface area (Å²) in [6, 6.07) is 15.4. The van der Waals surface area contributed by atoms with Crippen LogP contribution >= 0.6 is 0 Å². The third-order valence-corrected chi connectivity index (χ3v) is 5.61. The monoisotopic (exact) mass is 474 g/mol. The number of carbonyl (C=O) groups is 2. The molecule has 0 aliphatic carbocycles. The van der Waals surface area contributed by atoms with E-state index in [0.29, 0.717) is 29.1 Å². The number of carbonyl (C=O) groups excluding carboxylic acids is 2. The van der Waals surface area contributed by atoms with Gasteiger partial charge in [0.25, 0.3) is 0 Å². The molecule has 9 heteroatoms. The van der Waals surface area contributed by atoms with E-state index in [-0.39, 0.29) is 12.2 Å². The predicted octanol–water partition coefficient (Wildman–Crippen LogP) is 3.90. The number of hydrogen-bond donors (Lipinski definition) is 1. The van der Waals surface area contributed by atoms with Crippen LogP contribution in [0.5, 0.6) is 0 Å². The van der Waals surface area contributed by atoms with Crippen LogP contribution in [-0.2, 0) is 16.1 Å². The van der Waals surface area contributed by atoms with Gasteiger partial charge in [-0.05, 0) is 42.7 Å². The van der Waals surface area contributed by atoms with Crippen LogP contribution in [0.2, 0.25) is 0 Å². The number of nitrogens with one attached hydrogen (secondary N) is 1. The maximum atomic E-state index is 15.1. The summed E-state index contributed by atoms with van der Waals surface area (Å²) in [5, 5.41) is 11.1. The van der Waals surface area contributed by atoms with Crippen LogP contribution in [0.1, 0.15) is 31.9 Å². The van der Waals surface area contributed by atoms with Gasteiger partial charge >= 0.3 is 0 Å². The smallest absolute Gasteiger partial charge is 0.249 e. The third kappa shape index (κ3) is 5.51. The summed E-state index contributed by atoms with van der Waals surface area (Å²) >= 11 is 0. The number of fused-ring (bicyclic) bond motifs is 1. The Bertz CT molecular complexity index is 1310. The number of rotatable bonds is 9. The first kappa shape index (κ1) is 24.0. The summed E-state index contributed by atoms with van der Waals surface area (Å²) in [7, 11) is 0. The van der Waals surface area contributed by atoms with Crippen LogP contribution in [0.15, 0.2) is 73.1 Å². The van der Waals surface area contributed by atoms with Crippen molar-refractivity contribution in [2.45, 2.75) is 32.9 Å². The maximum Gasteiger partial charge on any atom is 0.249 e. The van der Waals surface area contributed by atoms with Crippen molar-refractivity contribution in [3.63, 3.8) is 0 Å². The highest BCUT2D eigenvalue weighted by Crippen LogP contribution is 2.30. The molecule has 0 aliphatic rings. The maximum absolute atomic E-state index is 15.1. The molecular weight excluding hydrogens is 447 g/mol. The van der Waals surface area contributed by atoms with Crippen LogP contribution in [0, 0.1) is 11.7 Å². The molecule has 0 radical (unpaired) electrons. The highest BCUT2D eigenvalue weighted by Gasteiger charge is 2.34. The SMILES string of the molecule is CC(C)CCNC(=O)[C@H](c1cccnc1)N(C(=O)Cn1nnc2ccccc21)c1ccccc1F. The van der Waals surface area contributed by atoms with Gasteiger partial charge in [0, 0.05) is 24.5 Å². The zero-order chi connectivity index (χ0) is 24.8. The Morgan fingerprint density at radius 2 is 1.83 bits per heavy atom. The van der Waals surface area contributed by atoms with Gasteiger partial charge in [0.2, 0.25) is 11.8 Å². The van der Waals surface area contributed by atoms with Crippen LogP contribution in [0.4, 0.5) is 10.1 Å². The fourth-order valence-corrected chi connectivity index (χ4v) is 3.84. The molecule has 0 fully saturated rings. The Labute approximate surface area is 202 Å². The lowest BCUT2D eigenvalue weighted by molar-refractivity contribution is -0.127. The topological polar surface area (TPSA) is 93.0 Å². The first-order valence-corrected chi connectivity index (χ1v) is 11.5. The van der Waals surface area contributed by atoms with E-state index in [2.05, 4.69) is 34.5 Å². The van der Waals surface area contributed by atoms with Crippen molar-refractivity contribution in [1.82, 2.24) is 25.3 Å². The molecule has 2 heterocycles. The fourth-order valence-electron chi connectivity index (χ4n) is 3.84. The quantitative estimate of drug-likeness (QED) is 0.397. The molecule has 180 valence electrons. The number of amides is 2. The minimum Gasteiger partial charge on any atom is -0.354 e. The largest absolute Gasteiger partial charge is 0.354 e. The van der Waals surface area contributed by atoms with E-state index in [4.69, 9.17) is 0 Å². The first-order chi connectivity index (χ1) is 17.0. The fraction of sp³-hybridized carbons (Fsp3) is 0.269. The highest BCUT2D eigenvalue weighted by atomic mass is 19.1. The van der Waals surface area contributed by atoms with Crippen molar-refractivity contribution < 1.29 is 14.0 Å². The summed E-state index contributed by atoms with van der Waals surface area (Å²) in [6.07, 6.45) is 3.86. The molecule has 0 aliphatic heterocycles. The molecule has 4 aromatic rings. The second-order valence-electron chi connectivity index (χ2n) is 8.61. The third-order valence-electron chi connectivity index (χ3n) is 5.61. The van der Waals surface area contributed by atoms with Gasteiger partial charge in [-0.1, -0.05) is 49.4 Å². The standard InChI is InChI=1S/C26H27FN6O2/c1-18(2)13-15-29-26(35)25(19-8-7-14-28-16-19)33(22-11-5-3-9-20(22)27)24(34)17-32-23-12-6-4-10-21(23)30-31-32/h3-12,14,16,18,25H,13,15,17H2,1-2H3,(H,29,35)/t25-/m0/s1. The van der Waals surface area contributed by atoms with Crippen molar-refractivity contribution in [2.24, 2.45) is 5.92 Å². The Morgan fingerprint density at radius 1 is 1.06 bits per heavy atom. The average molecular weight is 475 g/mol. The van der Waals surface area contributed by atoms with Crippen LogP contribution in [0.25, 0.3) is 11.0 Å². The number of benzene rings is 2. The van der Waals surface area contributed by atoms with Crippen molar-refractivity contribution >= 4 is 28.5 Å². The van der Waals surface area contributed by atoms with Gasteiger partial charge in [-0.15, -0.1) is 5.10 Å². The van der Waals surface area contributed by atoms with E-state index in [9.17, 15) is 9.59 Å². The van der Waals surface area contributed by atoms with E-state index >= 15 is 4.39 Å².